The Hall–Kier alpha value is -4.23. The van der Waals surface area contributed by atoms with Crippen LogP contribution in [0.3, 0.4) is 0 Å². The van der Waals surface area contributed by atoms with Gasteiger partial charge in [0.05, 0.1) is 18.5 Å². The molecule has 222 valence electrons. The van der Waals surface area contributed by atoms with Gasteiger partial charge in [-0.25, -0.2) is 19.2 Å². The largest absolute Gasteiger partial charge is 0.497 e. The summed E-state index contributed by atoms with van der Waals surface area (Å²) < 4.78 is 26.8. The van der Waals surface area contributed by atoms with Gasteiger partial charge in [-0.1, -0.05) is 23.5 Å². The van der Waals surface area contributed by atoms with E-state index in [9.17, 15) is 14.0 Å². The van der Waals surface area contributed by atoms with Crippen molar-refractivity contribution in [3.63, 3.8) is 0 Å². The van der Waals surface area contributed by atoms with Crippen molar-refractivity contribution in [2.24, 2.45) is 0 Å². The lowest BCUT2D eigenvalue weighted by atomic mass is 10.2. The zero-order valence-electron chi connectivity index (χ0n) is 24.2. The van der Waals surface area contributed by atoms with E-state index in [2.05, 4.69) is 42.5 Å². The first-order valence-electron chi connectivity index (χ1n) is 13.5. The van der Waals surface area contributed by atoms with Crippen LogP contribution in [0.4, 0.5) is 25.0 Å². The van der Waals surface area contributed by atoms with Gasteiger partial charge >= 0.3 is 6.09 Å². The summed E-state index contributed by atoms with van der Waals surface area (Å²) in [4.78, 5) is 39.2. The highest BCUT2D eigenvalue weighted by Gasteiger charge is 2.27. The molecule has 0 radical (unpaired) electrons. The van der Waals surface area contributed by atoms with Gasteiger partial charge in [0.2, 0.25) is 0 Å². The smallest absolute Gasteiger partial charge is 0.412 e. The van der Waals surface area contributed by atoms with Crippen LogP contribution in [0.1, 0.15) is 42.5 Å². The van der Waals surface area contributed by atoms with Gasteiger partial charge in [0.15, 0.2) is 22.3 Å². The molecule has 11 nitrogen and oxygen atoms in total. The number of fused-ring (bicyclic) bond motifs is 1. The number of halogens is 1. The van der Waals surface area contributed by atoms with Crippen LogP contribution < -0.4 is 20.3 Å². The van der Waals surface area contributed by atoms with Crippen LogP contribution in [0.15, 0.2) is 42.7 Å². The van der Waals surface area contributed by atoms with Crippen molar-refractivity contribution in [3.8, 4) is 5.75 Å². The molecule has 1 aromatic carbocycles. The zero-order valence-corrected chi connectivity index (χ0v) is 25.0. The number of piperazine rings is 1. The number of carbonyl (C=O) groups excluding carboxylic acids is 2. The third-order valence-corrected chi connectivity index (χ3v) is 7.57. The first-order chi connectivity index (χ1) is 20.0. The number of thiazole rings is 1. The maximum atomic E-state index is 14.6. The van der Waals surface area contributed by atoms with Crippen molar-refractivity contribution in [2.75, 3.05) is 48.8 Å². The molecule has 4 heterocycles. The molecule has 3 aromatic heterocycles. The number of nitrogens with one attached hydrogen (secondary N) is 2. The van der Waals surface area contributed by atoms with E-state index >= 15 is 0 Å². The molecular weight excluding hydrogens is 561 g/mol. The molecule has 1 aliphatic heterocycles. The SMILES string of the molecule is COc1ccc(CN2CCN(c3nc(C(=O)Nc4cc(F)c5nc(C)cn5c4)c(NC(=O)OC(C)(C)C)s3)CC2)cc1. The Bertz CT molecular complexity index is 1590. The minimum atomic E-state index is -0.726. The van der Waals surface area contributed by atoms with Crippen LogP contribution in [0.2, 0.25) is 0 Å². The van der Waals surface area contributed by atoms with Crippen LogP contribution in [0.25, 0.3) is 5.65 Å². The van der Waals surface area contributed by atoms with Gasteiger partial charge in [-0.3, -0.25) is 15.0 Å². The number of amides is 2. The van der Waals surface area contributed by atoms with Crippen LogP contribution in [-0.2, 0) is 11.3 Å². The van der Waals surface area contributed by atoms with Crippen LogP contribution in [-0.4, -0.2) is 70.2 Å². The summed E-state index contributed by atoms with van der Waals surface area (Å²) in [5, 5.41) is 6.24. The summed E-state index contributed by atoms with van der Waals surface area (Å²) in [5.74, 6) is -0.331. The van der Waals surface area contributed by atoms with Gasteiger partial charge in [-0.2, -0.15) is 0 Å². The minimum Gasteiger partial charge on any atom is -0.497 e. The molecule has 5 rings (SSSR count). The van der Waals surface area contributed by atoms with Crippen molar-refractivity contribution in [2.45, 2.75) is 39.8 Å². The third kappa shape index (κ3) is 6.97. The Morgan fingerprint density at radius 2 is 1.76 bits per heavy atom. The Morgan fingerprint density at radius 3 is 2.43 bits per heavy atom. The monoisotopic (exact) mass is 595 g/mol. The molecule has 0 spiro atoms. The van der Waals surface area contributed by atoms with Crippen molar-refractivity contribution < 1.29 is 23.5 Å². The number of aromatic nitrogens is 3. The first-order valence-corrected chi connectivity index (χ1v) is 14.4. The highest BCUT2D eigenvalue weighted by molar-refractivity contribution is 7.20. The average molecular weight is 596 g/mol. The fourth-order valence-corrected chi connectivity index (χ4v) is 5.60. The van der Waals surface area contributed by atoms with Gasteiger partial charge in [-0.05, 0) is 45.4 Å². The maximum Gasteiger partial charge on any atom is 0.412 e. The third-order valence-electron chi connectivity index (χ3n) is 6.54. The zero-order chi connectivity index (χ0) is 30.0. The van der Waals surface area contributed by atoms with Gasteiger partial charge < -0.3 is 24.1 Å². The van der Waals surface area contributed by atoms with E-state index in [1.54, 1.807) is 47.2 Å². The predicted molar refractivity (Wildman–Crippen MR) is 160 cm³/mol. The molecule has 0 unspecified atom stereocenters. The molecule has 0 aliphatic carbocycles. The number of aryl methyl sites for hydroxylation is 1. The summed E-state index contributed by atoms with van der Waals surface area (Å²) in [5.41, 5.74) is 1.53. The fourth-order valence-electron chi connectivity index (χ4n) is 4.60. The van der Waals surface area contributed by atoms with E-state index in [0.29, 0.717) is 23.9 Å². The summed E-state index contributed by atoms with van der Waals surface area (Å²) in [7, 11) is 1.65. The van der Waals surface area contributed by atoms with Gasteiger partial charge in [-0.15, -0.1) is 0 Å². The number of pyridine rings is 1. The number of carbonyl (C=O) groups is 2. The lowest BCUT2D eigenvalue weighted by Crippen LogP contribution is -2.46. The molecule has 1 aliphatic rings. The Kier molecular flexibility index (Phi) is 8.32. The summed E-state index contributed by atoms with van der Waals surface area (Å²) in [6, 6.07) is 9.23. The van der Waals surface area contributed by atoms with E-state index in [1.807, 2.05) is 12.1 Å². The number of imidazole rings is 1. The number of rotatable bonds is 7. The van der Waals surface area contributed by atoms with E-state index in [1.165, 1.54) is 27.4 Å². The molecule has 4 aromatic rings. The fraction of sp³-hybridized carbons (Fsp3) is 0.379. The maximum absolute atomic E-state index is 14.6. The van der Waals surface area contributed by atoms with E-state index < -0.39 is 23.4 Å². The number of ether oxygens (including phenoxy) is 2. The first kappa shape index (κ1) is 29.3. The summed E-state index contributed by atoms with van der Waals surface area (Å²) in [6.07, 6.45) is 2.54. The number of hydrogen-bond acceptors (Lipinski definition) is 9. The number of nitrogens with zero attached hydrogens (tertiary/aromatic N) is 5. The number of methoxy groups -OCH3 is 1. The van der Waals surface area contributed by atoms with Gasteiger partial charge in [0, 0.05) is 51.2 Å². The molecule has 0 atom stereocenters. The molecule has 1 fully saturated rings. The normalized spacial score (nSPS) is 14.2. The van der Waals surface area contributed by atoms with Crippen molar-refractivity contribution >= 4 is 44.8 Å². The van der Waals surface area contributed by atoms with Crippen LogP contribution in [0.5, 0.6) is 5.75 Å². The molecule has 2 amide bonds. The Balaban J connectivity index is 1.32. The van der Waals surface area contributed by atoms with E-state index in [0.717, 1.165) is 25.4 Å². The quantitative estimate of drug-likeness (QED) is 0.301. The Labute approximate surface area is 247 Å². The van der Waals surface area contributed by atoms with Crippen LogP contribution >= 0.6 is 11.3 Å². The number of anilines is 3. The van der Waals surface area contributed by atoms with E-state index in [-0.39, 0.29) is 22.0 Å². The second-order valence-electron chi connectivity index (χ2n) is 11.1. The highest BCUT2D eigenvalue weighted by atomic mass is 32.1. The average Bonchev–Trinajstić information content (AvgIpc) is 3.51. The van der Waals surface area contributed by atoms with Gasteiger partial charge in [0.25, 0.3) is 5.91 Å². The molecular formula is C29H34FN7O4S. The second kappa shape index (κ2) is 11.9. The van der Waals surface area contributed by atoms with Crippen molar-refractivity contribution in [1.29, 1.82) is 0 Å². The minimum absolute atomic E-state index is 0.0174. The van der Waals surface area contributed by atoms with Crippen LogP contribution in [0, 0.1) is 12.7 Å². The Morgan fingerprint density at radius 1 is 1.05 bits per heavy atom. The second-order valence-corrected chi connectivity index (χ2v) is 12.0. The molecule has 0 saturated carbocycles. The van der Waals surface area contributed by atoms with Gasteiger partial charge in [0.1, 0.15) is 16.4 Å². The number of hydrogen-bond donors (Lipinski definition) is 2. The molecule has 0 bridgehead atoms. The van der Waals surface area contributed by atoms with E-state index in [4.69, 9.17) is 9.47 Å². The summed E-state index contributed by atoms with van der Waals surface area (Å²) in [6.45, 7) is 10.8. The lowest BCUT2D eigenvalue weighted by molar-refractivity contribution is 0.0636. The topological polar surface area (TPSA) is 113 Å². The molecule has 2 N–H and O–H groups in total. The standard InChI is InChI=1S/C29H34FN7O4S/c1-18-15-37-17-20(14-22(30)24(37)31-18)32-25(38)23-26(34-28(39)41-29(2,3)4)42-27(33-23)36-12-10-35(11-13-36)16-19-6-8-21(40-5)9-7-19/h6-9,14-15,17H,10-13,16H2,1-5H3,(H,32,38)(H,34,39). The number of benzene rings is 1. The molecule has 1 saturated heterocycles. The highest BCUT2D eigenvalue weighted by Crippen LogP contribution is 2.33. The molecule has 42 heavy (non-hydrogen) atoms. The lowest BCUT2D eigenvalue weighted by Gasteiger charge is -2.34. The molecule has 13 heteroatoms. The predicted octanol–water partition coefficient (Wildman–Crippen LogP) is 5.17. The summed E-state index contributed by atoms with van der Waals surface area (Å²) >= 11 is 1.20. The van der Waals surface area contributed by atoms with Crippen molar-refractivity contribution in [1.82, 2.24) is 19.3 Å². The van der Waals surface area contributed by atoms with Crippen molar-refractivity contribution in [3.05, 3.63) is 65.5 Å².